The number of hydrogen-bond acceptors (Lipinski definition) is 4. The number of hydrogen-bond donors (Lipinski definition) is 2. The van der Waals surface area contributed by atoms with Gasteiger partial charge in [-0.05, 0) is 37.1 Å². The lowest BCUT2D eigenvalue weighted by Gasteiger charge is -2.30. The van der Waals surface area contributed by atoms with Crippen LogP contribution in [0.4, 0.5) is 14.9 Å². The third-order valence-corrected chi connectivity index (χ3v) is 4.47. The average molecular weight is 383 g/mol. The van der Waals surface area contributed by atoms with Crippen molar-refractivity contribution in [3.63, 3.8) is 0 Å². The summed E-state index contributed by atoms with van der Waals surface area (Å²) in [4.78, 5) is 24.9. The first-order chi connectivity index (χ1) is 13.5. The fourth-order valence-electron chi connectivity index (χ4n) is 2.99. The van der Waals surface area contributed by atoms with E-state index in [4.69, 9.17) is 15.1 Å². The number of ether oxygens (including phenoxy) is 1. The number of benzene rings is 2. The molecule has 1 saturated heterocycles. The molecule has 0 radical (unpaired) electrons. The first kappa shape index (κ1) is 19.2. The van der Waals surface area contributed by atoms with Gasteiger partial charge in [0.1, 0.15) is 11.8 Å². The second-order valence-corrected chi connectivity index (χ2v) is 6.41. The van der Waals surface area contributed by atoms with Crippen molar-refractivity contribution in [3.8, 4) is 17.6 Å². The molecule has 1 atom stereocenters. The Morgan fingerprint density at radius 3 is 2.75 bits per heavy atom. The minimum absolute atomic E-state index is 0.0791. The van der Waals surface area contributed by atoms with E-state index in [9.17, 15) is 14.0 Å². The van der Waals surface area contributed by atoms with Crippen molar-refractivity contribution in [2.45, 2.75) is 12.8 Å². The maximum Gasteiger partial charge on any atom is 0.321 e. The molecule has 1 aliphatic rings. The Labute approximate surface area is 161 Å². The number of nitrogens with zero attached hydrogens (tertiary/aromatic N) is 2. The summed E-state index contributed by atoms with van der Waals surface area (Å²) in [5, 5.41) is 20.8. The summed E-state index contributed by atoms with van der Waals surface area (Å²) in [5.41, 5.74) is 0.498. The quantitative estimate of drug-likeness (QED) is 0.836. The Morgan fingerprint density at radius 1 is 1.25 bits per heavy atom. The molecule has 1 fully saturated rings. The predicted octanol–water partition coefficient (Wildman–Crippen LogP) is 3.82. The Bertz CT molecular complexity index is 941. The number of rotatable bonds is 4. The summed E-state index contributed by atoms with van der Waals surface area (Å²) in [6.45, 7) is 0.569. The molecular formula is C20H18FN3O4. The number of piperidine rings is 1. The van der Waals surface area contributed by atoms with Gasteiger partial charge in [-0.3, -0.25) is 4.79 Å². The van der Waals surface area contributed by atoms with Gasteiger partial charge in [0.05, 0.1) is 11.5 Å². The molecule has 28 heavy (non-hydrogen) atoms. The van der Waals surface area contributed by atoms with Crippen molar-refractivity contribution < 1.29 is 23.8 Å². The maximum atomic E-state index is 14.4. The smallest absolute Gasteiger partial charge is 0.321 e. The summed E-state index contributed by atoms with van der Waals surface area (Å²) in [6, 6.07) is 11.9. The number of aliphatic carboxylic acids is 1. The molecule has 144 valence electrons. The van der Waals surface area contributed by atoms with Gasteiger partial charge in [-0.2, -0.15) is 5.26 Å². The normalized spacial score (nSPS) is 16.1. The molecule has 1 heterocycles. The number of carbonyl (C=O) groups is 2. The number of nitriles is 1. The molecule has 0 aliphatic carbocycles. The topological polar surface area (TPSA) is 103 Å². The van der Waals surface area contributed by atoms with Crippen molar-refractivity contribution in [2.24, 2.45) is 5.92 Å². The first-order valence-corrected chi connectivity index (χ1v) is 8.73. The van der Waals surface area contributed by atoms with Crippen LogP contribution < -0.4 is 10.1 Å². The van der Waals surface area contributed by atoms with E-state index < -0.39 is 23.7 Å². The number of amides is 2. The number of carboxylic acids is 1. The Morgan fingerprint density at radius 2 is 2.04 bits per heavy atom. The molecule has 3 rings (SSSR count). The van der Waals surface area contributed by atoms with Gasteiger partial charge in [-0.15, -0.1) is 0 Å². The Kier molecular flexibility index (Phi) is 5.75. The van der Waals surface area contributed by atoms with Gasteiger partial charge >= 0.3 is 12.0 Å². The molecule has 2 amide bonds. The fraction of sp³-hybridized carbons (Fsp3) is 0.250. The van der Waals surface area contributed by atoms with Crippen LogP contribution in [0.1, 0.15) is 18.4 Å². The number of nitrogens with one attached hydrogen (secondary N) is 1. The molecular weight excluding hydrogens is 365 g/mol. The Balaban J connectivity index is 1.68. The average Bonchev–Trinajstić information content (AvgIpc) is 2.70. The van der Waals surface area contributed by atoms with Gasteiger partial charge in [0, 0.05) is 24.8 Å². The van der Waals surface area contributed by atoms with Crippen molar-refractivity contribution in [1.29, 1.82) is 5.26 Å². The van der Waals surface area contributed by atoms with Gasteiger partial charge in [0.15, 0.2) is 11.6 Å². The molecule has 0 saturated carbocycles. The van der Waals surface area contributed by atoms with Crippen LogP contribution in [0.3, 0.4) is 0 Å². The number of carboxylic acid groups (broad SMARTS) is 1. The number of urea groups is 1. The minimum atomic E-state index is -0.928. The summed E-state index contributed by atoms with van der Waals surface area (Å²) in [5.74, 6) is -2.07. The molecule has 0 aromatic heterocycles. The Hall–Kier alpha value is -3.60. The maximum absolute atomic E-state index is 14.4. The van der Waals surface area contributed by atoms with Crippen molar-refractivity contribution >= 4 is 17.7 Å². The van der Waals surface area contributed by atoms with E-state index in [1.54, 1.807) is 24.3 Å². The second-order valence-electron chi connectivity index (χ2n) is 6.41. The van der Waals surface area contributed by atoms with Crippen LogP contribution in [0.25, 0.3) is 0 Å². The zero-order valence-electron chi connectivity index (χ0n) is 14.9. The van der Waals surface area contributed by atoms with Crippen molar-refractivity contribution in [3.05, 3.63) is 53.8 Å². The highest BCUT2D eigenvalue weighted by Crippen LogP contribution is 2.29. The molecule has 0 bridgehead atoms. The molecule has 0 spiro atoms. The van der Waals surface area contributed by atoms with Crippen molar-refractivity contribution in [1.82, 2.24) is 4.90 Å². The molecule has 2 aromatic carbocycles. The summed E-state index contributed by atoms with van der Waals surface area (Å²) in [7, 11) is 0. The van der Waals surface area contributed by atoms with Crippen LogP contribution in [0.15, 0.2) is 42.5 Å². The number of likely N-dealkylation sites (tertiary alicyclic amines) is 1. The van der Waals surface area contributed by atoms with E-state index in [0.29, 0.717) is 19.4 Å². The molecule has 2 N–H and O–H groups in total. The predicted molar refractivity (Wildman–Crippen MR) is 98.6 cm³/mol. The minimum Gasteiger partial charge on any atom is -0.481 e. The summed E-state index contributed by atoms with van der Waals surface area (Å²) in [6.07, 6.45) is 1.13. The standard InChI is InChI=1S/C20H18FN3O4/c21-16-10-15(23-20(27)24-9-3-5-14(12-24)19(25)26)7-8-18(16)28-17-6-2-1-4-13(17)11-22/h1-2,4,6-8,10,14H,3,5,9,12H2,(H,23,27)(H,25,26). The largest absolute Gasteiger partial charge is 0.481 e. The van der Waals surface area contributed by atoms with Crippen LogP contribution in [0.5, 0.6) is 11.5 Å². The zero-order valence-corrected chi connectivity index (χ0v) is 14.9. The van der Waals surface area contributed by atoms with Crippen LogP contribution in [-0.2, 0) is 4.79 Å². The number of carbonyl (C=O) groups excluding carboxylic acids is 1. The third kappa shape index (κ3) is 4.38. The SMILES string of the molecule is N#Cc1ccccc1Oc1ccc(NC(=O)N2CCCC(C(=O)O)C2)cc1F. The highest BCUT2D eigenvalue weighted by molar-refractivity contribution is 5.89. The fourth-order valence-corrected chi connectivity index (χ4v) is 2.99. The molecule has 7 nitrogen and oxygen atoms in total. The van der Waals surface area contributed by atoms with Crippen LogP contribution >= 0.6 is 0 Å². The van der Waals surface area contributed by atoms with Gasteiger partial charge in [0.25, 0.3) is 0 Å². The summed E-state index contributed by atoms with van der Waals surface area (Å²) >= 11 is 0. The van der Waals surface area contributed by atoms with E-state index in [2.05, 4.69) is 5.32 Å². The summed E-state index contributed by atoms with van der Waals surface area (Å²) < 4.78 is 19.8. The molecule has 2 aromatic rings. The van der Waals surface area contributed by atoms with E-state index in [1.807, 2.05) is 6.07 Å². The van der Waals surface area contributed by atoms with E-state index in [-0.39, 0.29) is 29.3 Å². The highest BCUT2D eigenvalue weighted by Gasteiger charge is 2.28. The number of halogens is 1. The lowest BCUT2D eigenvalue weighted by molar-refractivity contribution is -0.143. The van der Waals surface area contributed by atoms with E-state index >= 15 is 0 Å². The van der Waals surface area contributed by atoms with Crippen LogP contribution in [0, 0.1) is 23.1 Å². The van der Waals surface area contributed by atoms with Gasteiger partial charge in [-0.25, -0.2) is 9.18 Å². The molecule has 1 aliphatic heterocycles. The van der Waals surface area contributed by atoms with Crippen molar-refractivity contribution in [2.75, 3.05) is 18.4 Å². The van der Waals surface area contributed by atoms with Crippen LogP contribution in [0.2, 0.25) is 0 Å². The highest BCUT2D eigenvalue weighted by atomic mass is 19.1. The van der Waals surface area contributed by atoms with Gasteiger partial charge in [0.2, 0.25) is 0 Å². The first-order valence-electron chi connectivity index (χ1n) is 8.73. The van der Waals surface area contributed by atoms with E-state index in [0.717, 1.165) is 6.07 Å². The lowest BCUT2D eigenvalue weighted by atomic mass is 9.99. The van der Waals surface area contributed by atoms with Crippen LogP contribution in [-0.4, -0.2) is 35.1 Å². The zero-order chi connectivity index (χ0) is 20.1. The monoisotopic (exact) mass is 383 g/mol. The van der Waals surface area contributed by atoms with Gasteiger partial charge < -0.3 is 20.1 Å². The lowest BCUT2D eigenvalue weighted by Crippen LogP contribution is -2.44. The second kappa shape index (κ2) is 8.39. The number of para-hydroxylation sites is 1. The number of anilines is 1. The third-order valence-electron chi connectivity index (χ3n) is 4.47. The molecule has 8 heteroatoms. The van der Waals surface area contributed by atoms with E-state index in [1.165, 1.54) is 17.0 Å². The van der Waals surface area contributed by atoms with Gasteiger partial charge in [-0.1, -0.05) is 12.1 Å². The molecule has 1 unspecified atom stereocenters.